The lowest BCUT2D eigenvalue weighted by atomic mass is 10.00. The van der Waals surface area contributed by atoms with E-state index in [1.54, 1.807) is 13.2 Å². The second kappa shape index (κ2) is 8.17. The third-order valence-corrected chi connectivity index (χ3v) is 4.63. The average Bonchev–Trinajstić information content (AvgIpc) is 2.65. The van der Waals surface area contributed by atoms with Gasteiger partial charge < -0.3 is 15.0 Å². The Hall–Kier alpha value is -2.63. The summed E-state index contributed by atoms with van der Waals surface area (Å²) in [4.78, 5) is 23.5. The largest absolute Gasteiger partial charge is 0.497 e. The van der Waals surface area contributed by atoms with Crippen LogP contribution in [0.5, 0.6) is 5.75 Å². The van der Waals surface area contributed by atoms with E-state index in [0.29, 0.717) is 24.1 Å². The summed E-state index contributed by atoms with van der Waals surface area (Å²) in [6, 6.07) is 9.58. The Morgan fingerprint density at radius 3 is 2.77 bits per heavy atom. The predicted molar refractivity (Wildman–Crippen MR) is 101 cm³/mol. The number of ether oxygens (including phenoxy) is 1. The Labute approximate surface area is 154 Å². The lowest BCUT2D eigenvalue weighted by molar-refractivity contribution is 0.0677. The van der Waals surface area contributed by atoms with Gasteiger partial charge >= 0.3 is 0 Å². The molecule has 1 aliphatic heterocycles. The van der Waals surface area contributed by atoms with Crippen molar-refractivity contribution in [1.82, 2.24) is 14.9 Å². The second-order valence-electron chi connectivity index (χ2n) is 6.92. The smallest absolute Gasteiger partial charge is 0.272 e. The topological polar surface area (TPSA) is 67.3 Å². The van der Waals surface area contributed by atoms with Crippen molar-refractivity contribution in [2.45, 2.75) is 33.2 Å². The summed E-state index contributed by atoms with van der Waals surface area (Å²) in [5.41, 5.74) is 2.34. The SMILES string of the molecule is COc1ccc(CNc2nc(C)cc(C(=O)N3CCCC(C)C3)n2)cc1. The van der Waals surface area contributed by atoms with Crippen LogP contribution in [0, 0.1) is 12.8 Å². The van der Waals surface area contributed by atoms with E-state index in [-0.39, 0.29) is 5.91 Å². The standard InChI is InChI=1S/C20H26N4O2/c1-14-5-4-10-24(13-14)19(25)18-11-15(2)22-20(23-18)21-12-16-6-8-17(26-3)9-7-16/h6-9,11,14H,4-5,10,12-13H2,1-3H3,(H,21,22,23). The predicted octanol–water partition coefficient (Wildman–Crippen LogP) is 3.28. The van der Waals surface area contributed by atoms with Crippen molar-refractivity contribution in [3.63, 3.8) is 0 Å². The molecule has 1 atom stereocenters. The lowest BCUT2D eigenvalue weighted by Gasteiger charge is -2.30. The van der Waals surface area contributed by atoms with Crippen LogP contribution in [0.25, 0.3) is 0 Å². The zero-order valence-corrected chi connectivity index (χ0v) is 15.7. The number of carbonyl (C=O) groups is 1. The van der Waals surface area contributed by atoms with Crippen molar-refractivity contribution < 1.29 is 9.53 Å². The number of methoxy groups -OCH3 is 1. The molecular weight excluding hydrogens is 328 g/mol. The summed E-state index contributed by atoms with van der Waals surface area (Å²) in [5.74, 6) is 1.84. The number of aryl methyl sites for hydroxylation is 1. The minimum atomic E-state index is -0.00505. The molecule has 6 nitrogen and oxygen atoms in total. The molecule has 3 rings (SSSR count). The number of carbonyl (C=O) groups excluding carboxylic acids is 1. The van der Waals surface area contributed by atoms with Gasteiger partial charge in [0.1, 0.15) is 11.4 Å². The van der Waals surface area contributed by atoms with E-state index in [1.807, 2.05) is 36.1 Å². The van der Waals surface area contributed by atoms with Crippen LogP contribution in [0.3, 0.4) is 0 Å². The van der Waals surface area contributed by atoms with Gasteiger partial charge in [0, 0.05) is 25.3 Å². The van der Waals surface area contributed by atoms with Crippen molar-refractivity contribution in [2.24, 2.45) is 5.92 Å². The van der Waals surface area contributed by atoms with Gasteiger partial charge in [-0.2, -0.15) is 0 Å². The van der Waals surface area contributed by atoms with Gasteiger partial charge in [0.15, 0.2) is 0 Å². The maximum absolute atomic E-state index is 12.8. The summed E-state index contributed by atoms with van der Waals surface area (Å²) in [6.45, 7) is 6.27. The number of piperidine rings is 1. The van der Waals surface area contributed by atoms with E-state index in [0.717, 1.165) is 36.5 Å². The van der Waals surface area contributed by atoms with Gasteiger partial charge in [-0.15, -0.1) is 0 Å². The van der Waals surface area contributed by atoms with Crippen molar-refractivity contribution in [3.8, 4) is 5.75 Å². The molecule has 0 saturated carbocycles. The highest BCUT2D eigenvalue weighted by molar-refractivity contribution is 5.92. The summed E-state index contributed by atoms with van der Waals surface area (Å²) < 4.78 is 5.17. The monoisotopic (exact) mass is 354 g/mol. The van der Waals surface area contributed by atoms with Crippen LogP contribution < -0.4 is 10.1 Å². The molecule has 6 heteroatoms. The number of hydrogen-bond acceptors (Lipinski definition) is 5. The molecule has 0 radical (unpaired) electrons. The summed E-state index contributed by atoms with van der Waals surface area (Å²) in [6.07, 6.45) is 2.24. The molecule has 138 valence electrons. The van der Waals surface area contributed by atoms with E-state index in [1.165, 1.54) is 6.42 Å². The zero-order chi connectivity index (χ0) is 18.5. The van der Waals surface area contributed by atoms with E-state index in [4.69, 9.17) is 4.74 Å². The van der Waals surface area contributed by atoms with Gasteiger partial charge in [0.05, 0.1) is 7.11 Å². The summed E-state index contributed by atoms with van der Waals surface area (Å²) >= 11 is 0. The third-order valence-electron chi connectivity index (χ3n) is 4.63. The fourth-order valence-electron chi connectivity index (χ4n) is 3.22. The van der Waals surface area contributed by atoms with Gasteiger partial charge in [-0.05, 0) is 49.4 Å². The minimum Gasteiger partial charge on any atom is -0.497 e. The number of rotatable bonds is 5. The molecule has 26 heavy (non-hydrogen) atoms. The number of benzene rings is 1. The molecule has 1 amide bonds. The zero-order valence-electron chi connectivity index (χ0n) is 15.7. The number of nitrogens with zero attached hydrogens (tertiary/aromatic N) is 3. The van der Waals surface area contributed by atoms with Crippen LogP contribution in [-0.4, -0.2) is 41.0 Å². The molecule has 0 spiro atoms. The average molecular weight is 354 g/mol. The van der Waals surface area contributed by atoms with Gasteiger partial charge in [0.25, 0.3) is 5.91 Å². The van der Waals surface area contributed by atoms with E-state index < -0.39 is 0 Å². The fourth-order valence-corrected chi connectivity index (χ4v) is 3.22. The molecule has 2 heterocycles. The molecule has 2 aromatic rings. The molecule has 1 fully saturated rings. The van der Waals surface area contributed by atoms with Crippen molar-refractivity contribution in [1.29, 1.82) is 0 Å². The fraction of sp³-hybridized carbons (Fsp3) is 0.450. The molecule has 1 aliphatic rings. The highest BCUT2D eigenvalue weighted by Gasteiger charge is 2.23. The van der Waals surface area contributed by atoms with Crippen LogP contribution in [-0.2, 0) is 6.54 Å². The first-order valence-corrected chi connectivity index (χ1v) is 9.07. The summed E-state index contributed by atoms with van der Waals surface area (Å²) in [5, 5.41) is 3.21. The third kappa shape index (κ3) is 4.50. The van der Waals surface area contributed by atoms with Crippen LogP contribution in [0.1, 0.15) is 41.5 Å². The van der Waals surface area contributed by atoms with Crippen LogP contribution in [0.4, 0.5) is 5.95 Å². The quantitative estimate of drug-likeness (QED) is 0.892. The number of hydrogen-bond donors (Lipinski definition) is 1. The Kier molecular flexibility index (Phi) is 5.71. The van der Waals surface area contributed by atoms with Gasteiger partial charge in [-0.3, -0.25) is 4.79 Å². The van der Waals surface area contributed by atoms with E-state index in [9.17, 15) is 4.79 Å². The maximum atomic E-state index is 12.8. The number of amides is 1. The number of nitrogens with one attached hydrogen (secondary N) is 1. The summed E-state index contributed by atoms with van der Waals surface area (Å²) in [7, 11) is 1.65. The Balaban J connectivity index is 1.69. The molecule has 1 aromatic heterocycles. The number of likely N-dealkylation sites (tertiary alicyclic amines) is 1. The highest BCUT2D eigenvalue weighted by Crippen LogP contribution is 2.18. The van der Waals surface area contributed by atoms with Gasteiger partial charge in [0.2, 0.25) is 5.95 Å². The van der Waals surface area contributed by atoms with Gasteiger partial charge in [-0.25, -0.2) is 9.97 Å². The molecule has 1 unspecified atom stereocenters. The minimum absolute atomic E-state index is 0.00505. The normalized spacial score (nSPS) is 17.0. The van der Waals surface area contributed by atoms with E-state index >= 15 is 0 Å². The Morgan fingerprint density at radius 2 is 2.08 bits per heavy atom. The number of aromatic nitrogens is 2. The highest BCUT2D eigenvalue weighted by atomic mass is 16.5. The van der Waals surface area contributed by atoms with Crippen LogP contribution >= 0.6 is 0 Å². The Bertz CT molecular complexity index is 761. The molecule has 0 aliphatic carbocycles. The first kappa shape index (κ1) is 18.2. The number of anilines is 1. The van der Waals surface area contributed by atoms with E-state index in [2.05, 4.69) is 22.2 Å². The second-order valence-corrected chi connectivity index (χ2v) is 6.92. The first-order valence-electron chi connectivity index (χ1n) is 9.07. The van der Waals surface area contributed by atoms with Crippen LogP contribution in [0.15, 0.2) is 30.3 Å². The molecule has 0 bridgehead atoms. The van der Waals surface area contributed by atoms with Crippen molar-refractivity contribution >= 4 is 11.9 Å². The van der Waals surface area contributed by atoms with Gasteiger partial charge in [-0.1, -0.05) is 19.1 Å². The van der Waals surface area contributed by atoms with Crippen LogP contribution in [0.2, 0.25) is 0 Å². The molecule has 1 N–H and O–H groups in total. The van der Waals surface area contributed by atoms with Crippen molar-refractivity contribution in [2.75, 3.05) is 25.5 Å². The molecule has 1 saturated heterocycles. The first-order chi connectivity index (χ1) is 12.5. The lowest BCUT2D eigenvalue weighted by Crippen LogP contribution is -2.39. The maximum Gasteiger partial charge on any atom is 0.272 e. The molecule has 1 aromatic carbocycles. The Morgan fingerprint density at radius 1 is 1.31 bits per heavy atom. The molecular formula is C20H26N4O2. The van der Waals surface area contributed by atoms with Crippen molar-refractivity contribution in [3.05, 3.63) is 47.3 Å².